The molecule has 1 fully saturated rings. The smallest absolute Gasteiger partial charge is 0.252 e. The van der Waals surface area contributed by atoms with Gasteiger partial charge in [0.1, 0.15) is 0 Å². The van der Waals surface area contributed by atoms with Gasteiger partial charge in [-0.1, -0.05) is 38.3 Å². The lowest BCUT2D eigenvalue weighted by molar-refractivity contribution is 0.00191. The molecule has 7 nitrogen and oxygen atoms in total. The minimum atomic E-state index is -3.65. The SMILES string of the molecule is CCC(CC)C(CNC(=O)c1cc(S(=O)(=O)N(C)C)ccc1Cl)N1CCOCC1. The number of nitrogens with one attached hydrogen (secondary N) is 1. The van der Waals surface area contributed by atoms with Crippen molar-refractivity contribution in [3.63, 3.8) is 0 Å². The molecule has 0 saturated carbocycles. The molecular formula is C20H32ClN3O4S. The lowest BCUT2D eigenvalue weighted by atomic mass is 9.92. The Kier molecular flexibility index (Phi) is 8.91. The van der Waals surface area contributed by atoms with Crippen LogP contribution >= 0.6 is 11.6 Å². The predicted molar refractivity (Wildman–Crippen MR) is 115 cm³/mol. The number of sulfonamides is 1. The molecule has 29 heavy (non-hydrogen) atoms. The van der Waals surface area contributed by atoms with Gasteiger partial charge >= 0.3 is 0 Å². The quantitative estimate of drug-likeness (QED) is 0.631. The largest absolute Gasteiger partial charge is 0.379 e. The monoisotopic (exact) mass is 445 g/mol. The molecule has 0 bridgehead atoms. The standard InChI is InChI=1S/C20H32ClN3O4S/c1-5-15(6-2)19(24-9-11-28-12-10-24)14-22-20(25)17-13-16(7-8-18(17)21)29(26,27)23(3)4/h7-8,13,15,19H,5-6,9-12,14H2,1-4H3,(H,22,25). The van der Waals surface area contributed by atoms with Crippen molar-refractivity contribution in [3.05, 3.63) is 28.8 Å². The number of hydrogen-bond donors (Lipinski definition) is 1. The van der Waals surface area contributed by atoms with Gasteiger partial charge in [0.25, 0.3) is 5.91 Å². The molecule has 1 unspecified atom stereocenters. The summed E-state index contributed by atoms with van der Waals surface area (Å²) < 4.78 is 31.4. The van der Waals surface area contributed by atoms with Crippen LogP contribution in [0.5, 0.6) is 0 Å². The van der Waals surface area contributed by atoms with Crippen LogP contribution in [0.2, 0.25) is 5.02 Å². The zero-order valence-corrected chi connectivity index (χ0v) is 19.2. The fourth-order valence-corrected chi connectivity index (χ4v) is 4.81. The van der Waals surface area contributed by atoms with Crippen molar-refractivity contribution in [1.29, 1.82) is 0 Å². The van der Waals surface area contributed by atoms with E-state index in [-0.39, 0.29) is 27.4 Å². The first-order chi connectivity index (χ1) is 13.7. The summed E-state index contributed by atoms with van der Waals surface area (Å²) in [6, 6.07) is 4.40. The van der Waals surface area contributed by atoms with E-state index >= 15 is 0 Å². The molecule has 1 N–H and O–H groups in total. The number of rotatable bonds is 9. The fraction of sp³-hybridized carbons (Fsp3) is 0.650. The Bertz CT molecular complexity index is 791. The van der Waals surface area contributed by atoms with E-state index in [0.29, 0.717) is 25.7 Å². The third-order valence-corrected chi connectivity index (χ3v) is 7.68. The second-order valence-corrected chi connectivity index (χ2v) is 9.99. The molecule has 0 spiro atoms. The van der Waals surface area contributed by atoms with Crippen LogP contribution in [0.4, 0.5) is 0 Å². The Balaban J connectivity index is 2.19. The summed E-state index contributed by atoms with van der Waals surface area (Å²) in [6.07, 6.45) is 2.04. The summed E-state index contributed by atoms with van der Waals surface area (Å²) in [7, 11) is -0.746. The summed E-state index contributed by atoms with van der Waals surface area (Å²) in [4.78, 5) is 15.3. The molecule has 2 rings (SSSR count). The Morgan fingerprint density at radius 1 is 1.24 bits per heavy atom. The second kappa shape index (κ2) is 10.7. The van der Waals surface area contributed by atoms with Gasteiger partial charge in [0.15, 0.2) is 0 Å². The molecule has 1 aromatic rings. The van der Waals surface area contributed by atoms with E-state index in [4.69, 9.17) is 16.3 Å². The van der Waals surface area contributed by atoms with Crippen LogP contribution in [0.25, 0.3) is 0 Å². The average Bonchev–Trinajstić information content (AvgIpc) is 2.71. The van der Waals surface area contributed by atoms with Gasteiger partial charge in [0, 0.05) is 39.8 Å². The van der Waals surface area contributed by atoms with Crippen LogP contribution in [0.3, 0.4) is 0 Å². The number of hydrogen-bond acceptors (Lipinski definition) is 5. The maximum absolute atomic E-state index is 12.9. The number of nitrogens with zero attached hydrogens (tertiary/aromatic N) is 2. The highest BCUT2D eigenvalue weighted by atomic mass is 35.5. The number of amides is 1. The van der Waals surface area contributed by atoms with E-state index < -0.39 is 10.0 Å². The van der Waals surface area contributed by atoms with Crippen molar-refractivity contribution in [3.8, 4) is 0 Å². The first-order valence-electron chi connectivity index (χ1n) is 10.0. The van der Waals surface area contributed by atoms with Crippen LogP contribution in [0.1, 0.15) is 37.0 Å². The number of carbonyl (C=O) groups is 1. The second-order valence-electron chi connectivity index (χ2n) is 7.43. The maximum Gasteiger partial charge on any atom is 0.252 e. The van der Waals surface area contributed by atoms with Gasteiger partial charge in [-0.2, -0.15) is 0 Å². The minimum absolute atomic E-state index is 0.0433. The van der Waals surface area contributed by atoms with Crippen molar-refractivity contribution in [2.24, 2.45) is 5.92 Å². The van der Waals surface area contributed by atoms with Crippen molar-refractivity contribution < 1.29 is 17.9 Å². The van der Waals surface area contributed by atoms with Gasteiger partial charge < -0.3 is 10.1 Å². The Morgan fingerprint density at radius 2 is 1.86 bits per heavy atom. The van der Waals surface area contributed by atoms with Gasteiger partial charge in [-0.05, 0) is 24.1 Å². The highest BCUT2D eigenvalue weighted by Gasteiger charge is 2.28. The number of benzene rings is 1. The summed E-state index contributed by atoms with van der Waals surface area (Å²) >= 11 is 6.21. The Morgan fingerprint density at radius 3 is 2.41 bits per heavy atom. The number of carbonyl (C=O) groups excluding carboxylic acids is 1. The summed E-state index contributed by atoms with van der Waals surface area (Å²) in [5, 5.41) is 3.21. The van der Waals surface area contributed by atoms with Crippen molar-refractivity contribution in [1.82, 2.24) is 14.5 Å². The fourth-order valence-electron chi connectivity index (χ4n) is 3.68. The van der Waals surface area contributed by atoms with Gasteiger partial charge in [-0.25, -0.2) is 12.7 Å². The molecule has 1 heterocycles. The Labute approximate surface area is 179 Å². The topological polar surface area (TPSA) is 79.0 Å². The molecule has 164 valence electrons. The van der Waals surface area contributed by atoms with Crippen LogP contribution in [0, 0.1) is 5.92 Å². The first kappa shape index (κ1) is 24.1. The molecule has 1 aliphatic rings. The van der Waals surface area contributed by atoms with Crippen molar-refractivity contribution in [2.45, 2.75) is 37.6 Å². The Hall–Kier alpha value is -1.19. The minimum Gasteiger partial charge on any atom is -0.379 e. The van der Waals surface area contributed by atoms with Gasteiger partial charge in [-0.15, -0.1) is 0 Å². The zero-order chi connectivity index (χ0) is 21.6. The van der Waals surface area contributed by atoms with E-state index in [9.17, 15) is 13.2 Å². The normalized spacial score (nSPS) is 16.9. The van der Waals surface area contributed by atoms with E-state index in [1.54, 1.807) is 0 Å². The van der Waals surface area contributed by atoms with E-state index in [1.807, 2.05) is 0 Å². The predicted octanol–water partition coefficient (Wildman–Crippen LogP) is 2.46. The lowest BCUT2D eigenvalue weighted by Crippen LogP contribution is -2.52. The summed E-state index contributed by atoms with van der Waals surface area (Å²) in [5.74, 6) is 0.0827. The molecule has 0 radical (unpaired) electrons. The molecule has 1 aliphatic heterocycles. The van der Waals surface area contributed by atoms with Crippen molar-refractivity contribution >= 4 is 27.5 Å². The van der Waals surface area contributed by atoms with Gasteiger partial charge in [0.2, 0.25) is 10.0 Å². The zero-order valence-electron chi connectivity index (χ0n) is 17.7. The highest BCUT2D eigenvalue weighted by Crippen LogP contribution is 2.23. The molecule has 1 saturated heterocycles. The molecule has 0 aliphatic carbocycles. The van der Waals surface area contributed by atoms with Crippen LogP contribution in [0.15, 0.2) is 23.1 Å². The molecule has 9 heteroatoms. The third kappa shape index (κ3) is 5.92. The molecule has 0 aromatic heterocycles. The first-order valence-corrected chi connectivity index (χ1v) is 11.9. The van der Waals surface area contributed by atoms with Gasteiger partial charge in [0.05, 0.1) is 28.7 Å². The van der Waals surface area contributed by atoms with Crippen molar-refractivity contribution in [2.75, 3.05) is 46.9 Å². The van der Waals surface area contributed by atoms with E-state index in [1.165, 1.54) is 32.3 Å². The number of halogens is 1. The highest BCUT2D eigenvalue weighted by molar-refractivity contribution is 7.89. The summed E-state index contributed by atoms with van der Waals surface area (Å²) in [5.41, 5.74) is 0.167. The molecular weight excluding hydrogens is 414 g/mol. The summed E-state index contributed by atoms with van der Waals surface area (Å²) in [6.45, 7) is 7.88. The average molecular weight is 446 g/mol. The lowest BCUT2D eigenvalue weighted by Gasteiger charge is -2.38. The maximum atomic E-state index is 12.9. The van der Waals surface area contributed by atoms with E-state index in [0.717, 1.165) is 30.2 Å². The van der Waals surface area contributed by atoms with Crippen LogP contribution in [-0.2, 0) is 14.8 Å². The molecule has 1 amide bonds. The number of ether oxygens (including phenoxy) is 1. The van der Waals surface area contributed by atoms with Gasteiger partial charge in [-0.3, -0.25) is 9.69 Å². The third-order valence-electron chi connectivity index (χ3n) is 5.54. The van der Waals surface area contributed by atoms with E-state index in [2.05, 4.69) is 24.1 Å². The molecule has 1 aromatic carbocycles. The molecule has 1 atom stereocenters. The van der Waals surface area contributed by atoms with Crippen LogP contribution in [-0.4, -0.2) is 76.5 Å². The number of morpholine rings is 1. The van der Waals surface area contributed by atoms with Crippen LogP contribution < -0.4 is 5.32 Å².